The van der Waals surface area contributed by atoms with Crippen LogP contribution in [0.15, 0.2) is 121 Å². The summed E-state index contributed by atoms with van der Waals surface area (Å²) in [5, 5.41) is 2.17. The lowest BCUT2D eigenvalue weighted by molar-refractivity contribution is 0.162. The van der Waals surface area contributed by atoms with E-state index in [4.69, 9.17) is 18.9 Å². The zero-order chi connectivity index (χ0) is 36.9. The molecule has 0 aromatic heterocycles. The Morgan fingerprint density at radius 1 is 0.642 bits per heavy atom. The molecule has 0 fully saturated rings. The highest BCUT2D eigenvalue weighted by Crippen LogP contribution is 2.59. The van der Waals surface area contributed by atoms with Crippen LogP contribution in [0.1, 0.15) is 82.2 Å². The molecule has 268 valence electrons. The summed E-state index contributed by atoms with van der Waals surface area (Å²) in [6.07, 6.45) is 6.69. The second-order valence-electron chi connectivity index (χ2n) is 15.0. The average Bonchev–Trinajstić information content (AvgIpc) is 3.44. The number of hydrogen-bond acceptors (Lipinski definition) is 4. The van der Waals surface area contributed by atoms with Gasteiger partial charge in [0, 0.05) is 27.5 Å². The van der Waals surface area contributed by atoms with Gasteiger partial charge in [0.1, 0.15) is 23.0 Å². The van der Waals surface area contributed by atoms with Crippen LogP contribution in [0.3, 0.4) is 0 Å². The highest BCUT2D eigenvalue weighted by molar-refractivity contribution is 6.09. The molecule has 2 atom stereocenters. The number of ether oxygens (including phenoxy) is 4. The van der Waals surface area contributed by atoms with Crippen molar-refractivity contribution >= 4 is 16.8 Å². The van der Waals surface area contributed by atoms with Crippen LogP contribution in [0.25, 0.3) is 39.1 Å². The molecule has 8 rings (SSSR count). The van der Waals surface area contributed by atoms with Crippen molar-refractivity contribution in [2.24, 2.45) is 0 Å². The molecule has 6 aromatic carbocycles. The molecule has 1 aliphatic heterocycles. The molecule has 2 unspecified atom stereocenters. The molecular formula is C49H48O4. The van der Waals surface area contributed by atoms with E-state index >= 15 is 0 Å². The second kappa shape index (κ2) is 13.5. The number of benzene rings is 6. The van der Waals surface area contributed by atoms with Gasteiger partial charge in [-0.1, -0.05) is 101 Å². The summed E-state index contributed by atoms with van der Waals surface area (Å²) in [6, 6.07) is 40.8. The van der Waals surface area contributed by atoms with Gasteiger partial charge in [-0.15, -0.1) is 0 Å². The second-order valence-corrected chi connectivity index (χ2v) is 15.0. The van der Waals surface area contributed by atoms with E-state index in [2.05, 4.69) is 163 Å². The summed E-state index contributed by atoms with van der Waals surface area (Å²) in [5.41, 5.74) is 9.46. The summed E-state index contributed by atoms with van der Waals surface area (Å²) in [5.74, 6) is 3.38. The maximum Gasteiger partial charge on any atom is 0.178 e. The van der Waals surface area contributed by atoms with Crippen molar-refractivity contribution in [2.75, 3.05) is 7.11 Å². The van der Waals surface area contributed by atoms with Gasteiger partial charge in [0.05, 0.1) is 19.3 Å². The highest BCUT2D eigenvalue weighted by Gasteiger charge is 2.44. The Labute approximate surface area is 314 Å². The largest absolute Gasteiger partial charge is 0.497 e. The van der Waals surface area contributed by atoms with Crippen LogP contribution < -0.4 is 18.9 Å². The van der Waals surface area contributed by atoms with Crippen LogP contribution in [0.2, 0.25) is 0 Å². The maximum absolute atomic E-state index is 7.56. The number of rotatable bonds is 10. The van der Waals surface area contributed by atoms with Gasteiger partial charge in [-0.05, 0) is 120 Å². The fraction of sp³-hybridized carbons (Fsp3) is 0.265. The highest BCUT2D eigenvalue weighted by atomic mass is 16.5. The van der Waals surface area contributed by atoms with E-state index in [0.29, 0.717) is 0 Å². The van der Waals surface area contributed by atoms with E-state index in [1.165, 1.54) is 33.4 Å². The minimum Gasteiger partial charge on any atom is -0.497 e. The molecular weight excluding hydrogens is 653 g/mol. The fourth-order valence-corrected chi connectivity index (χ4v) is 8.07. The molecule has 0 radical (unpaired) electrons. The van der Waals surface area contributed by atoms with E-state index in [1.807, 2.05) is 6.07 Å². The topological polar surface area (TPSA) is 36.9 Å². The van der Waals surface area contributed by atoms with Crippen molar-refractivity contribution in [1.82, 2.24) is 0 Å². The molecule has 0 amide bonds. The summed E-state index contributed by atoms with van der Waals surface area (Å²) < 4.78 is 25.8. The van der Waals surface area contributed by atoms with Crippen LogP contribution in [0.4, 0.5) is 0 Å². The van der Waals surface area contributed by atoms with E-state index in [-0.39, 0.29) is 17.6 Å². The molecule has 0 saturated heterocycles. The summed E-state index contributed by atoms with van der Waals surface area (Å²) in [4.78, 5) is 0. The van der Waals surface area contributed by atoms with Gasteiger partial charge in [0.25, 0.3) is 0 Å². The van der Waals surface area contributed by atoms with Crippen molar-refractivity contribution in [1.29, 1.82) is 0 Å². The zero-order valence-electron chi connectivity index (χ0n) is 31.8. The zero-order valence-corrected chi connectivity index (χ0v) is 31.8. The predicted octanol–water partition coefficient (Wildman–Crippen LogP) is 12.5. The molecule has 0 spiro atoms. The molecule has 6 aromatic rings. The Kier molecular flexibility index (Phi) is 8.81. The summed E-state index contributed by atoms with van der Waals surface area (Å²) >= 11 is 0. The van der Waals surface area contributed by atoms with Gasteiger partial charge in [0.2, 0.25) is 0 Å². The van der Waals surface area contributed by atoms with Crippen LogP contribution >= 0.6 is 0 Å². The Bertz CT molecular complexity index is 2260. The Morgan fingerprint density at radius 2 is 1.25 bits per heavy atom. The Morgan fingerprint density at radius 3 is 1.83 bits per heavy atom. The minimum absolute atomic E-state index is 0.132. The number of methoxy groups -OCH3 is 1. The molecule has 0 saturated carbocycles. The number of hydrogen-bond donors (Lipinski definition) is 0. The monoisotopic (exact) mass is 700 g/mol. The lowest BCUT2D eigenvalue weighted by Gasteiger charge is -2.38. The van der Waals surface area contributed by atoms with Gasteiger partial charge in [0.15, 0.2) is 5.60 Å². The number of fused-ring (bicyclic) bond motifs is 8. The Balaban J connectivity index is 1.33. The third kappa shape index (κ3) is 5.85. The fourth-order valence-electron chi connectivity index (χ4n) is 8.07. The third-order valence-electron chi connectivity index (χ3n) is 11.3. The molecule has 1 aliphatic carbocycles. The SMILES string of the molecule is CCC(C)Oc1ccc(C2(c3ccc(OC(C)CC)cc3)C=Cc3c4c(c5cc(OC)ccc5c3O2)-c2ccc(-c3ccccc3)cc2C4(C)C)cc1. The van der Waals surface area contributed by atoms with E-state index in [0.717, 1.165) is 63.3 Å². The van der Waals surface area contributed by atoms with Crippen LogP contribution in [0, 0.1) is 0 Å². The van der Waals surface area contributed by atoms with E-state index < -0.39 is 5.60 Å². The summed E-state index contributed by atoms with van der Waals surface area (Å²) in [7, 11) is 1.73. The lowest BCUT2D eigenvalue weighted by atomic mass is 9.76. The van der Waals surface area contributed by atoms with Gasteiger partial charge in [-0.2, -0.15) is 0 Å². The smallest absolute Gasteiger partial charge is 0.178 e. The first-order chi connectivity index (χ1) is 25.7. The lowest BCUT2D eigenvalue weighted by Crippen LogP contribution is -2.35. The van der Waals surface area contributed by atoms with Crippen molar-refractivity contribution in [3.05, 3.63) is 149 Å². The first-order valence-corrected chi connectivity index (χ1v) is 19.0. The van der Waals surface area contributed by atoms with E-state index in [1.54, 1.807) is 7.11 Å². The van der Waals surface area contributed by atoms with Gasteiger partial charge in [-0.25, -0.2) is 0 Å². The third-order valence-corrected chi connectivity index (χ3v) is 11.3. The van der Waals surface area contributed by atoms with E-state index in [9.17, 15) is 0 Å². The van der Waals surface area contributed by atoms with Gasteiger partial charge >= 0.3 is 0 Å². The standard InChI is InChI=1S/C49H48O4/c1-8-31(3)51-37-20-16-35(17-21-37)49(36-18-22-38(23-19-36)52-32(4)9-2)28-27-42-46-45(43-30-39(50-7)24-26-40(43)47(42)53-49)41-25-15-34(29-44(41)48(46,5)6)33-13-11-10-12-14-33/h10-32H,8-9H2,1-7H3. The molecule has 0 N–H and O–H groups in total. The summed E-state index contributed by atoms with van der Waals surface area (Å²) in [6.45, 7) is 13.2. The van der Waals surface area contributed by atoms with Gasteiger partial charge in [-0.3, -0.25) is 0 Å². The first kappa shape index (κ1) is 34.6. The van der Waals surface area contributed by atoms with Gasteiger partial charge < -0.3 is 18.9 Å². The van der Waals surface area contributed by atoms with Crippen molar-refractivity contribution in [3.8, 4) is 45.3 Å². The molecule has 4 heteroatoms. The molecule has 4 nitrogen and oxygen atoms in total. The first-order valence-electron chi connectivity index (χ1n) is 19.0. The quantitative estimate of drug-likeness (QED) is 0.143. The van der Waals surface area contributed by atoms with Crippen molar-refractivity contribution < 1.29 is 18.9 Å². The van der Waals surface area contributed by atoms with Crippen LogP contribution in [-0.2, 0) is 11.0 Å². The average molecular weight is 701 g/mol. The maximum atomic E-state index is 7.56. The Hall–Kier alpha value is -5.48. The van der Waals surface area contributed by atoms with Crippen LogP contribution in [-0.4, -0.2) is 19.3 Å². The molecule has 53 heavy (non-hydrogen) atoms. The van der Waals surface area contributed by atoms with Crippen molar-refractivity contribution in [3.63, 3.8) is 0 Å². The minimum atomic E-state index is -0.909. The van der Waals surface area contributed by atoms with Crippen molar-refractivity contribution in [2.45, 2.75) is 77.6 Å². The predicted molar refractivity (Wildman–Crippen MR) is 218 cm³/mol. The molecule has 0 bridgehead atoms. The molecule has 2 aliphatic rings. The normalized spacial score (nSPS) is 17.6. The molecule has 1 heterocycles. The van der Waals surface area contributed by atoms with Crippen LogP contribution in [0.5, 0.6) is 23.0 Å².